The van der Waals surface area contributed by atoms with Gasteiger partial charge < -0.3 is 10.6 Å². The second kappa shape index (κ2) is 7.55. The largest absolute Gasteiger partial charge is 0.352 e. The van der Waals surface area contributed by atoms with Crippen molar-refractivity contribution in [1.29, 1.82) is 0 Å². The van der Waals surface area contributed by atoms with Crippen molar-refractivity contribution >= 4 is 17.3 Å². The Balaban J connectivity index is 1.60. The normalized spacial score (nSPS) is 11.4. The highest BCUT2D eigenvalue weighted by Gasteiger charge is 2.07. The first-order valence-corrected chi connectivity index (χ1v) is 8.21. The number of thiophene rings is 1. The van der Waals surface area contributed by atoms with Crippen LogP contribution in [0, 0.1) is 0 Å². The van der Waals surface area contributed by atoms with Crippen molar-refractivity contribution in [2.45, 2.75) is 13.1 Å². The molecule has 2 heterocycles. The number of hydrogen-bond acceptors (Lipinski definition) is 4. The van der Waals surface area contributed by atoms with E-state index in [9.17, 15) is 0 Å². The summed E-state index contributed by atoms with van der Waals surface area (Å²) in [6.45, 7) is 1.28. The fourth-order valence-electron chi connectivity index (χ4n) is 2.15. The van der Waals surface area contributed by atoms with Gasteiger partial charge in [0.25, 0.3) is 0 Å². The molecular weight excluding hydrogens is 308 g/mol. The summed E-state index contributed by atoms with van der Waals surface area (Å²) in [6, 6.07) is 12.1. The lowest BCUT2D eigenvalue weighted by Crippen LogP contribution is -2.36. The quantitative estimate of drug-likeness (QED) is 0.557. The molecule has 0 fully saturated rings. The number of aromatic nitrogens is 3. The average molecular weight is 326 g/mol. The summed E-state index contributed by atoms with van der Waals surface area (Å²) in [5, 5.41) is 18.9. The van der Waals surface area contributed by atoms with E-state index in [1.165, 1.54) is 5.56 Å². The molecule has 6 nitrogen and oxygen atoms in total. The fraction of sp³-hybridized carbons (Fsp3) is 0.188. The molecule has 2 N–H and O–H groups in total. The predicted octanol–water partition coefficient (Wildman–Crippen LogP) is 2.19. The van der Waals surface area contributed by atoms with E-state index >= 15 is 0 Å². The van der Waals surface area contributed by atoms with Crippen LogP contribution in [0.1, 0.15) is 11.4 Å². The van der Waals surface area contributed by atoms with E-state index < -0.39 is 0 Å². The van der Waals surface area contributed by atoms with Gasteiger partial charge in [-0.15, -0.1) is 10.2 Å². The maximum Gasteiger partial charge on any atom is 0.191 e. The van der Waals surface area contributed by atoms with Gasteiger partial charge in [-0.1, -0.05) is 18.2 Å². The van der Waals surface area contributed by atoms with Crippen LogP contribution in [0.3, 0.4) is 0 Å². The molecule has 3 rings (SSSR count). The molecule has 118 valence electrons. The zero-order valence-electron chi connectivity index (χ0n) is 12.8. The summed E-state index contributed by atoms with van der Waals surface area (Å²) < 4.78 is 1.96. The van der Waals surface area contributed by atoms with Crippen molar-refractivity contribution in [2.75, 3.05) is 7.05 Å². The van der Waals surface area contributed by atoms with Crippen molar-refractivity contribution in [2.24, 2.45) is 4.99 Å². The van der Waals surface area contributed by atoms with Gasteiger partial charge in [0.15, 0.2) is 11.8 Å². The number of nitrogens with one attached hydrogen (secondary N) is 2. The van der Waals surface area contributed by atoms with Gasteiger partial charge in [-0.2, -0.15) is 11.3 Å². The van der Waals surface area contributed by atoms with Gasteiger partial charge in [0, 0.05) is 19.3 Å². The molecule has 1 aromatic carbocycles. The van der Waals surface area contributed by atoms with E-state index in [2.05, 4.69) is 42.6 Å². The lowest BCUT2D eigenvalue weighted by atomic mass is 10.3. The third-order valence-corrected chi connectivity index (χ3v) is 4.06. The molecule has 0 atom stereocenters. The monoisotopic (exact) mass is 326 g/mol. The van der Waals surface area contributed by atoms with Crippen molar-refractivity contribution < 1.29 is 0 Å². The van der Waals surface area contributed by atoms with E-state index in [4.69, 9.17) is 0 Å². The molecule has 23 heavy (non-hydrogen) atoms. The predicted molar refractivity (Wildman–Crippen MR) is 92.7 cm³/mol. The first kappa shape index (κ1) is 15.2. The van der Waals surface area contributed by atoms with Crippen LogP contribution in [-0.2, 0) is 13.1 Å². The Morgan fingerprint density at radius 3 is 2.74 bits per heavy atom. The van der Waals surface area contributed by atoms with Gasteiger partial charge >= 0.3 is 0 Å². The van der Waals surface area contributed by atoms with Crippen LogP contribution in [0.4, 0.5) is 0 Å². The van der Waals surface area contributed by atoms with E-state index in [0.717, 1.165) is 24.0 Å². The second-order valence-corrected chi connectivity index (χ2v) is 5.64. The molecule has 0 saturated carbocycles. The lowest BCUT2D eigenvalue weighted by Gasteiger charge is -2.12. The third-order valence-electron chi connectivity index (χ3n) is 3.33. The average Bonchev–Trinajstić information content (AvgIpc) is 3.27. The Morgan fingerprint density at radius 2 is 2.00 bits per heavy atom. The molecule has 0 aliphatic rings. The SMILES string of the molecule is CN=C(NCc1ccsc1)NCc1nncn1-c1ccccc1. The number of aliphatic imine (C=N–C) groups is 1. The van der Waals surface area contributed by atoms with Crippen molar-refractivity contribution in [1.82, 2.24) is 25.4 Å². The molecule has 7 heteroatoms. The van der Waals surface area contributed by atoms with Gasteiger partial charge in [0.05, 0.1) is 6.54 Å². The molecule has 0 aliphatic heterocycles. The molecule has 0 aliphatic carbocycles. The summed E-state index contributed by atoms with van der Waals surface area (Å²) >= 11 is 1.69. The van der Waals surface area contributed by atoms with Gasteiger partial charge in [-0.05, 0) is 34.5 Å². The molecule has 0 bridgehead atoms. The van der Waals surface area contributed by atoms with Crippen LogP contribution in [0.5, 0.6) is 0 Å². The van der Waals surface area contributed by atoms with Crippen molar-refractivity contribution in [3.63, 3.8) is 0 Å². The van der Waals surface area contributed by atoms with Crippen LogP contribution >= 0.6 is 11.3 Å². The van der Waals surface area contributed by atoms with Crippen LogP contribution in [0.25, 0.3) is 5.69 Å². The van der Waals surface area contributed by atoms with Crippen molar-refractivity contribution in [3.8, 4) is 5.69 Å². The lowest BCUT2D eigenvalue weighted by molar-refractivity contribution is 0.754. The Morgan fingerprint density at radius 1 is 1.17 bits per heavy atom. The summed E-state index contributed by atoms with van der Waals surface area (Å²) in [5.41, 5.74) is 2.28. The van der Waals surface area contributed by atoms with Crippen LogP contribution < -0.4 is 10.6 Å². The number of benzene rings is 1. The Hall–Kier alpha value is -2.67. The topological polar surface area (TPSA) is 67.1 Å². The number of nitrogens with zero attached hydrogens (tertiary/aromatic N) is 4. The number of rotatable bonds is 5. The molecular formula is C16H18N6S. The van der Waals surface area contributed by atoms with Gasteiger partial charge in [-0.3, -0.25) is 9.56 Å². The minimum Gasteiger partial charge on any atom is -0.352 e. The molecule has 3 aromatic rings. The molecule has 2 aromatic heterocycles. The fourth-order valence-corrected chi connectivity index (χ4v) is 2.81. The van der Waals surface area contributed by atoms with Crippen LogP contribution in [-0.4, -0.2) is 27.8 Å². The molecule has 0 radical (unpaired) electrons. The van der Waals surface area contributed by atoms with E-state index in [1.54, 1.807) is 24.7 Å². The number of guanidine groups is 1. The van der Waals surface area contributed by atoms with Gasteiger partial charge in [-0.25, -0.2) is 0 Å². The number of para-hydroxylation sites is 1. The smallest absolute Gasteiger partial charge is 0.191 e. The third kappa shape index (κ3) is 3.95. The first-order chi connectivity index (χ1) is 11.4. The molecule has 0 spiro atoms. The summed E-state index contributed by atoms with van der Waals surface area (Å²) in [5.74, 6) is 1.56. The minimum absolute atomic E-state index is 0.540. The molecule has 0 unspecified atom stereocenters. The Kier molecular flexibility index (Phi) is 5.00. The highest BCUT2D eigenvalue weighted by Crippen LogP contribution is 2.08. The van der Waals surface area contributed by atoms with Gasteiger partial charge in [0.1, 0.15) is 6.33 Å². The van der Waals surface area contributed by atoms with Crippen LogP contribution in [0.15, 0.2) is 58.5 Å². The van der Waals surface area contributed by atoms with Crippen molar-refractivity contribution in [3.05, 3.63) is 64.9 Å². The zero-order valence-corrected chi connectivity index (χ0v) is 13.6. The maximum absolute atomic E-state index is 4.23. The standard InChI is InChI=1S/C16H18N6S/c1-17-16(18-9-13-7-8-23-11-13)19-10-15-21-20-12-22(15)14-5-3-2-4-6-14/h2-8,11-12H,9-10H2,1H3,(H2,17,18,19). The molecule has 0 amide bonds. The summed E-state index contributed by atoms with van der Waals surface area (Å²) in [4.78, 5) is 4.23. The van der Waals surface area contributed by atoms with E-state index in [-0.39, 0.29) is 0 Å². The molecule has 0 saturated heterocycles. The number of hydrogen-bond donors (Lipinski definition) is 2. The highest BCUT2D eigenvalue weighted by molar-refractivity contribution is 7.07. The second-order valence-electron chi connectivity index (χ2n) is 4.86. The summed E-state index contributed by atoms with van der Waals surface area (Å²) in [7, 11) is 1.75. The minimum atomic E-state index is 0.540. The van der Waals surface area contributed by atoms with Crippen LogP contribution in [0.2, 0.25) is 0 Å². The highest BCUT2D eigenvalue weighted by atomic mass is 32.1. The Bertz CT molecular complexity index is 748. The van der Waals surface area contributed by atoms with E-state index in [0.29, 0.717) is 6.54 Å². The van der Waals surface area contributed by atoms with E-state index in [1.807, 2.05) is 34.9 Å². The maximum atomic E-state index is 4.23. The first-order valence-electron chi connectivity index (χ1n) is 7.27. The zero-order chi connectivity index (χ0) is 15.9. The summed E-state index contributed by atoms with van der Waals surface area (Å²) in [6.07, 6.45) is 1.72. The van der Waals surface area contributed by atoms with Gasteiger partial charge in [0.2, 0.25) is 0 Å². The Labute approximate surface area is 138 Å².